The third kappa shape index (κ3) is 9.00. The molecule has 0 aliphatic rings. The van der Waals surface area contributed by atoms with E-state index in [1.165, 1.54) is 26.0 Å². The molecular formula is C20H29N5O7. The van der Waals surface area contributed by atoms with Gasteiger partial charge in [0.05, 0.1) is 6.04 Å². The minimum absolute atomic E-state index is 0.0315. The van der Waals surface area contributed by atoms with E-state index in [0.29, 0.717) is 5.56 Å². The number of aromatic hydroxyl groups is 1. The van der Waals surface area contributed by atoms with Gasteiger partial charge in [-0.1, -0.05) is 12.1 Å². The van der Waals surface area contributed by atoms with Gasteiger partial charge < -0.3 is 37.6 Å². The molecule has 0 radical (unpaired) electrons. The summed E-state index contributed by atoms with van der Waals surface area (Å²) in [6.45, 7) is 2.78. The van der Waals surface area contributed by atoms with Crippen molar-refractivity contribution >= 4 is 29.6 Å². The zero-order valence-corrected chi connectivity index (χ0v) is 17.8. The lowest BCUT2D eigenvalue weighted by Crippen LogP contribution is -2.56. The Kier molecular flexibility index (Phi) is 10.1. The largest absolute Gasteiger partial charge is 0.508 e. The Morgan fingerprint density at radius 3 is 1.97 bits per heavy atom. The average Bonchev–Trinajstić information content (AvgIpc) is 2.71. The highest BCUT2D eigenvalue weighted by Crippen LogP contribution is 2.12. The van der Waals surface area contributed by atoms with Crippen LogP contribution in [0.1, 0.15) is 32.3 Å². The van der Waals surface area contributed by atoms with Crippen LogP contribution >= 0.6 is 0 Å². The second kappa shape index (κ2) is 12.2. The highest BCUT2D eigenvalue weighted by Gasteiger charge is 2.28. The minimum atomic E-state index is -1.36. The van der Waals surface area contributed by atoms with Crippen LogP contribution in [0.5, 0.6) is 5.75 Å². The molecule has 32 heavy (non-hydrogen) atoms. The lowest BCUT2D eigenvalue weighted by atomic mass is 10.0. The predicted octanol–water partition coefficient (Wildman–Crippen LogP) is -1.89. The van der Waals surface area contributed by atoms with Crippen LogP contribution in [0.2, 0.25) is 0 Å². The SMILES string of the molecule is CC(N)C(=O)NC(Cc1ccc(O)cc1)C(=O)NC(C)C(=O)NC(CCC(N)=O)C(=O)O. The average molecular weight is 451 g/mol. The monoisotopic (exact) mass is 451 g/mol. The second-order valence-electron chi connectivity index (χ2n) is 7.36. The highest BCUT2D eigenvalue weighted by molar-refractivity contribution is 5.94. The van der Waals surface area contributed by atoms with Gasteiger partial charge in [0, 0.05) is 12.8 Å². The molecular weight excluding hydrogens is 422 g/mol. The Labute approximate surface area is 184 Å². The zero-order valence-electron chi connectivity index (χ0n) is 17.8. The van der Waals surface area contributed by atoms with Gasteiger partial charge in [0.15, 0.2) is 0 Å². The quantitative estimate of drug-likeness (QED) is 0.190. The van der Waals surface area contributed by atoms with E-state index in [-0.39, 0.29) is 25.0 Å². The normalized spacial score (nSPS) is 14.3. The summed E-state index contributed by atoms with van der Waals surface area (Å²) in [6.07, 6.45) is -0.393. The fourth-order valence-corrected chi connectivity index (χ4v) is 2.60. The Balaban J connectivity index is 2.85. The number of benzene rings is 1. The van der Waals surface area contributed by atoms with E-state index >= 15 is 0 Å². The molecule has 0 saturated heterocycles. The number of primary amides is 1. The van der Waals surface area contributed by atoms with Gasteiger partial charge >= 0.3 is 5.97 Å². The molecule has 12 heteroatoms. The number of amides is 4. The van der Waals surface area contributed by atoms with E-state index in [2.05, 4.69) is 16.0 Å². The summed E-state index contributed by atoms with van der Waals surface area (Å²) < 4.78 is 0. The van der Waals surface area contributed by atoms with Crippen molar-refractivity contribution in [2.75, 3.05) is 0 Å². The van der Waals surface area contributed by atoms with Gasteiger partial charge in [-0.2, -0.15) is 0 Å². The van der Waals surface area contributed by atoms with Crippen LogP contribution in [0.25, 0.3) is 0 Å². The number of nitrogens with one attached hydrogen (secondary N) is 3. The standard InChI is InChI=1S/C20H29N5O7/c1-10(21)17(28)25-15(9-12-3-5-13(26)6-4-12)19(30)23-11(2)18(29)24-14(20(31)32)7-8-16(22)27/h3-6,10-11,14-15,26H,7-9,21H2,1-2H3,(H2,22,27)(H,23,30)(H,24,29)(H,25,28)(H,31,32). The molecule has 12 nitrogen and oxygen atoms in total. The maximum Gasteiger partial charge on any atom is 0.326 e. The number of hydrogen-bond acceptors (Lipinski definition) is 7. The number of phenols is 1. The van der Waals surface area contributed by atoms with Crippen LogP contribution in [0.4, 0.5) is 0 Å². The molecule has 0 aliphatic heterocycles. The molecule has 4 unspecified atom stereocenters. The van der Waals surface area contributed by atoms with Crippen molar-refractivity contribution in [3.8, 4) is 5.75 Å². The number of phenolic OH excluding ortho intramolecular Hbond substituents is 1. The van der Waals surface area contributed by atoms with Gasteiger partial charge in [0.2, 0.25) is 23.6 Å². The topological polar surface area (TPSA) is 214 Å². The lowest BCUT2D eigenvalue weighted by Gasteiger charge is -2.23. The molecule has 0 fully saturated rings. The summed E-state index contributed by atoms with van der Waals surface area (Å²) in [5.74, 6) is -4.11. The van der Waals surface area contributed by atoms with E-state index in [1.807, 2.05) is 0 Å². The minimum Gasteiger partial charge on any atom is -0.508 e. The third-order valence-corrected chi connectivity index (χ3v) is 4.47. The summed E-state index contributed by atoms with van der Waals surface area (Å²) in [7, 11) is 0. The molecule has 4 amide bonds. The summed E-state index contributed by atoms with van der Waals surface area (Å²) >= 11 is 0. The van der Waals surface area contributed by atoms with E-state index < -0.39 is 53.8 Å². The number of carboxylic acids is 1. The second-order valence-corrected chi connectivity index (χ2v) is 7.36. The van der Waals surface area contributed by atoms with E-state index in [0.717, 1.165) is 0 Å². The van der Waals surface area contributed by atoms with Crippen molar-refractivity contribution in [2.24, 2.45) is 11.5 Å². The van der Waals surface area contributed by atoms with Gasteiger partial charge in [-0.15, -0.1) is 0 Å². The molecule has 176 valence electrons. The van der Waals surface area contributed by atoms with Gasteiger partial charge in [-0.25, -0.2) is 4.79 Å². The van der Waals surface area contributed by atoms with Crippen molar-refractivity contribution in [3.63, 3.8) is 0 Å². The number of rotatable bonds is 12. The molecule has 0 spiro atoms. The summed E-state index contributed by atoms with van der Waals surface area (Å²) in [6, 6.07) is 1.51. The Hall–Kier alpha value is -3.67. The number of carbonyl (C=O) groups is 5. The van der Waals surface area contributed by atoms with Gasteiger partial charge in [0.1, 0.15) is 23.9 Å². The molecule has 4 atom stereocenters. The number of aliphatic carboxylic acids is 1. The van der Waals surface area contributed by atoms with Gasteiger partial charge in [-0.3, -0.25) is 19.2 Å². The van der Waals surface area contributed by atoms with Crippen LogP contribution in [0.15, 0.2) is 24.3 Å². The van der Waals surface area contributed by atoms with Crippen LogP contribution in [0, 0.1) is 0 Å². The van der Waals surface area contributed by atoms with Gasteiger partial charge in [-0.05, 0) is 38.0 Å². The molecule has 1 aromatic carbocycles. The van der Waals surface area contributed by atoms with Crippen LogP contribution in [-0.4, -0.2) is 64.0 Å². The molecule has 1 rings (SSSR count). The molecule has 0 saturated carbocycles. The Bertz CT molecular complexity index is 841. The number of carboxylic acid groups (broad SMARTS) is 1. The molecule has 0 aliphatic carbocycles. The first kappa shape index (κ1) is 26.4. The third-order valence-electron chi connectivity index (χ3n) is 4.47. The van der Waals surface area contributed by atoms with Crippen molar-refractivity contribution in [2.45, 2.75) is 57.3 Å². The number of nitrogens with two attached hydrogens (primary N) is 2. The Morgan fingerprint density at radius 1 is 0.906 bits per heavy atom. The van der Waals surface area contributed by atoms with Crippen LogP contribution < -0.4 is 27.4 Å². The van der Waals surface area contributed by atoms with Crippen molar-refractivity contribution in [1.82, 2.24) is 16.0 Å². The summed E-state index contributed by atoms with van der Waals surface area (Å²) in [5, 5.41) is 25.7. The molecule has 0 aromatic heterocycles. The maximum atomic E-state index is 12.7. The van der Waals surface area contributed by atoms with E-state index in [1.54, 1.807) is 12.1 Å². The summed E-state index contributed by atoms with van der Waals surface area (Å²) in [4.78, 5) is 59.3. The highest BCUT2D eigenvalue weighted by atomic mass is 16.4. The molecule has 0 bridgehead atoms. The fraction of sp³-hybridized carbons (Fsp3) is 0.450. The van der Waals surface area contributed by atoms with Crippen molar-refractivity contribution in [3.05, 3.63) is 29.8 Å². The number of carbonyl (C=O) groups excluding carboxylic acids is 4. The van der Waals surface area contributed by atoms with Crippen LogP contribution in [-0.2, 0) is 30.4 Å². The summed E-state index contributed by atoms with van der Waals surface area (Å²) in [5.41, 5.74) is 11.2. The lowest BCUT2D eigenvalue weighted by molar-refractivity contribution is -0.142. The zero-order chi connectivity index (χ0) is 24.4. The maximum absolute atomic E-state index is 12.7. The molecule has 0 heterocycles. The molecule has 1 aromatic rings. The first-order valence-corrected chi connectivity index (χ1v) is 9.86. The predicted molar refractivity (Wildman–Crippen MR) is 113 cm³/mol. The first-order valence-electron chi connectivity index (χ1n) is 9.86. The fourth-order valence-electron chi connectivity index (χ4n) is 2.60. The van der Waals surface area contributed by atoms with Gasteiger partial charge in [0.25, 0.3) is 0 Å². The molecule has 9 N–H and O–H groups in total. The van der Waals surface area contributed by atoms with E-state index in [9.17, 15) is 34.2 Å². The van der Waals surface area contributed by atoms with Crippen molar-refractivity contribution < 1.29 is 34.2 Å². The number of hydrogen-bond donors (Lipinski definition) is 7. The van der Waals surface area contributed by atoms with Crippen molar-refractivity contribution in [1.29, 1.82) is 0 Å². The smallest absolute Gasteiger partial charge is 0.326 e. The van der Waals surface area contributed by atoms with Crippen LogP contribution in [0.3, 0.4) is 0 Å². The van der Waals surface area contributed by atoms with E-state index in [4.69, 9.17) is 11.5 Å². The first-order chi connectivity index (χ1) is 14.9. The Morgan fingerprint density at radius 2 is 1.47 bits per heavy atom.